The minimum atomic E-state index is -0.0167. The van der Waals surface area contributed by atoms with Crippen LogP contribution in [0.15, 0.2) is 109 Å². The van der Waals surface area contributed by atoms with E-state index in [4.69, 9.17) is 4.74 Å². The molecule has 0 aliphatic rings. The number of methoxy groups -OCH3 is 1. The molecule has 1 N–H and O–H groups in total. The number of fused-ring (bicyclic) bond motifs is 3. The average molecular weight is 389 g/mol. The van der Waals surface area contributed by atoms with Crippen LogP contribution in [0.2, 0.25) is 0 Å². The minimum absolute atomic E-state index is 0.0167. The highest BCUT2D eigenvalue weighted by Gasteiger charge is 2.19. The molecular weight excluding hydrogens is 366 g/mol. The summed E-state index contributed by atoms with van der Waals surface area (Å²) in [5.74, 6) is 0.837. The maximum absolute atomic E-state index is 5.61. The van der Waals surface area contributed by atoms with Crippen LogP contribution < -0.4 is 10.1 Å². The molecule has 0 amide bonds. The van der Waals surface area contributed by atoms with Crippen molar-refractivity contribution in [3.63, 3.8) is 0 Å². The highest BCUT2D eigenvalue weighted by molar-refractivity contribution is 6.09. The van der Waals surface area contributed by atoms with Crippen molar-refractivity contribution in [2.45, 2.75) is 6.04 Å². The van der Waals surface area contributed by atoms with Crippen molar-refractivity contribution in [2.75, 3.05) is 12.4 Å². The highest BCUT2D eigenvalue weighted by Crippen LogP contribution is 2.37. The molecule has 0 bridgehead atoms. The first-order valence-electron chi connectivity index (χ1n) is 10.2. The van der Waals surface area contributed by atoms with Gasteiger partial charge in [0.15, 0.2) is 0 Å². The third-order valence-electron chi connectivity index (χ3n) is 5.65. The molecular formula is C28H23NO. The molecule has 5 aromatic rings. The van der Waals surface area contributed by atoms with Crippen LogP contribution in [0.4, 0.5) is 5.69 Å². The fraction of sp³-hybridized carbons (Fsp3) is 0.0714. The number of para-hydroxylation sites is 2. The predicted molar refractivity (Wildman–Crippen MR) is 126 cm³/mol. The molecule has 0 spiro atoms. The molecule has 0 radical (unpaired) electrons. The van der Waals surface area contributed by atoms with E-state index in [1.165, 1.54) is 32.7 Å². The standard InChI is InChI=1S/C28H23NO/c1-30-27-18-10-9-17-26(27)29-28(20-11-3-2-4-12-20)25-19-21-13-5-6-14-22(21)23-15-7-8-16-24(23)25/h2-19,28-29H,1H3. The molecule has 2 nitrogen and oxygen atoms in total. The molecule has 0 aliphatic carbocycles. The Labute approximate surface area is 176 Å². The summed E-state index contributed by atoms with van der Waals surface area (Å²) in [6.45, 7) is 0. The highest BCUT2D eigenvalue weighted by atomic mass is 16.5. The number of anilines is 1. The maximum Gasteiger partial charge on any atom is 0.141 e. The Balaban J connectivity index is 1.76. The molecule has 1 unspecified atom stereocenters. The predicted octanol–water partition coefficient (Wildman–Crippen LogP) is 7.20. The van der Waals surface area contributed by atoms with E-state index < -0.39 is 0 Å². The Morgan fingerprint density at radius 1 is 0.633 bits per heavy atom. The maximum atomic E-state index is 5.61. The van der Waals surface area contributed by atoms with E-state index in [-0.39, 0.29) is 6.04 Å². The van der Waals surface area contributed by atoms with E-state index in [0.717, 1.165) is 11.4 Å². The molecule has 0 fully saturated rings. The monoisotopic (exact) mass is 389 g/mol. The van der Waals surface area contributed by atoms with Crippen molar-refractivity contribution in [3.8, 4) is 5.75 Å². The zero-order valence-corrected chi connectivity index (χ0v) is 16.9. The first-order valence-corrected chi connectivity index (χ1v) is 10.2. The smallest absolute Gasteiger partial charge is 0.141 e. The van der Waals surface area contributed by atoms with E-state index in [2.05, 4.69) is 96.3 Å². The molecule has 0 aromatic heterocycles. The lowest BCUT2D eigenvalue weighted by atomic mass is 9.90. The van der Waals surface area contributed by atoms with Crippen LogP contribution in [-0.2, 0) is 0 Å². The Morgan fingerprint density at radius 3 is 2.07 bits per heavy atom. The Morgan fingerprint density at radius 2 is 1.27 bits per heavy atom. The second-order valence-electron chi connectivity index (χ2n) is 7.42. The number of ether oxygens (including phenoxy) is 1. The molecule has 2 heteroatoms. The van der Waals surface area contributed by atoms with Crippen molar-refractivity contribution in [3.05, 3.63) is 120 Å². The molecule has 146 valence electrons. The summed E-state index contributed by atoms with van der Waals surface area (Å²) in [5, 5.41) is 8.81. The summed E-state index contributed by atoms with van der Waals surface area (Å²) in [7, 11) is 1.71. The van der Waals surface area contributed by atoms with Crippen LogP contribution in [0.1, 0.15) is 17.2 Å². The summed E-state index contributed by atoms with van der Waals surface area (Å²) >= 11 is 0. The van der Waals surface area contributed by atoms with Gasteiger partial charge in [-0.3, -0.25) is 0 Å². The summed E-state index contributed by atoms with van der Waals surface area (Å²) in [5.41, 5.74) is 3.44. The van der Waals surface area contributed by atoms with Crippen LogP contribution in [0.3, 0.4) is 0 Å². The Bertz CT molecular complexity index is 1310. The van der Waals surface area contributed by atoms with Gasteiger partial charge in [0, 0.05) is 0 Å². The summed E-state index contributed by atoms with van der Waals surface area (Å²) in [6.07, 6.45) is 0. The van der Waals surface area contributed by atoms with Gasteiger partial charge < -0.3 is 10.1 Å². The van der Waals surface area contributed by atoms with Gasteiger partial charge in [-0.25, -0.2) is 0 Å². The van der Waals surface area contributed by atoms with E-state index in [9.17, 15) is 0 Å². The van der Waals surface area contributed by atoms with E-state index in [0.29, 0.717) is 0 Å². The number of benzene rings is 5. The molecule has 0 saturated carbocycles. The van der Waals surface area contributed by atoms with Crippen LogP contribution in [0.25, 0.3) is 21.5 Å². The Hall–Kier alpha value is -3.78. The number of hydrogen-bond donors (Lipinski definition) is 1. The van der Waals surface area contributed by atoms with Gasteiger partial charge in [-0.1, -0.05) is 91.0 Å². The van der Waals surface area contributed by atoms with Gasteiger partial charge in [0.05, 0.1) is 18.8 Å². The minimum Gasteiger partial charge on any atom is -0.495 e. The lowest BCUT2D eigenvalue weighted by Gasteiger charge is -2.24. The van der Waals surface area contributed by atoms with Crippen molar-refractivity contribution < 1.29 is 4.74 Å². The van der Waals surface area contributed by atoms with Gasteiger partial charge in [0.2, 0.25) is 0 Å². The fourth-order valence-electron chi connectivity index (χ4n) is 4.23. The largest absolute Gasteiger partial charge is 0.495 e. The van der Waals surface area contributed by atoms with Gasteiger partial charge >= 0.3 is 0 Å². The van der Waals surface area contributed by atoms with Crippen LogP contribution in [0.5, 0.6) is 5.75 Å². The van der Waals surface area contributed by atoms with Crippen molar-refractivity contribution >= 4 is 27.2 Å². The Kier molecular flexibility index (Phi) is 4.82. The summed E-state index contributed by atoms with van der Waals surface area (Å²) in [4.78, 5) is 0. The van der Waals surface area contributed by atoms with Gasteiger partial charge in [-0.05, 0) is 50.9 Å². The molecule has 0 saturated heterocycles. The van der Waals surface area contributed by atoms with Crippen molar-refractivity contribution in [1.82, 2.24) is 0 Å². The molecule has 0 heterocycles. The van der Waals surface area contributed by atoms with Gasteiger partial charge in [0.25, 0.3) is 0 Å². The van der Waals surface area contributed by atoms with Crippen LogP contribution >= 0.6 is 0 Å². The molecule has 0 aliphatic heterocycles. The average Bonchev–Trinajstić information content (AvgIpc) is 2.83. The zero-order valence-electron chi connectivity index (χ0n) is 16.9. The topological polar surface area (TPSA) is 21.3 Å². The normalized spacial score (nSPS) is 12.0. The van der Waals surface area contributed by atoms with Crippen molar-refractivity contribution in [1.29, 1.82) is 0 Å². The molecule has 1 atom stereocenters. The zero-order chi connectivity index (χ0) is 20.3. The third-order valence-corrected chi connectivity index (χ3v) is 5.65. The molecule has 5 rings (SSSR count). The first-order chi connectivity index (χ1) is 14.8. The number of nitrogens with one attached hydrogen (secondary N) is 1. The number of rotatable bonds is 5. The fourth-order valence-corrected chi connectivity index (χ4v) is 4.23. The summed E-state index contributed by atoms with van der Waals surface area (Å²) in [6, 6.07) is 38.2. The lowest BCUT2D eigenvalue weighted by Crippen LogP contribution is -2.13. The van der Waals surface area contributed by atoms with Crippen LogP contribution in [0, 0.1) is 0 Å². The number of hydrogen-bond acceptors (Lipinski definition) is 2. The second kappa shape index (κ2) is 7.92. The summed E-state index contributed by atoms with van der Waals surface area (Å²) < 4.78 is 5.61. The SMILES string of the molecule is COc1ccccc1NC(c1ccccc1)c1cc2ccccc2c2ccccc12. The first kappa shape index (κ1) is 18.3. The van der Waals surface area contributed by atoms with Crippen LogP contribution in [-0.4, -0.2) is 7.11 Å². The second-order valence-corrected chi connectivity index (χ2v) is 7.42. The van der Waals surface area contributed by atoms with E-state index >= 15 is 0 Å². The van der Waals surface area contributed by atoms with Crippen molar-refractivity contribution in [2.24, 2.45) is 0 Å². The lowest BCUT2D eigenvalue weighted by molar-refractivity contribution is 0.416. The van der Waals surface area contributed by atoms with E-state index in [1.54, 1.807) is 7.11 Å². The quantitative estimate of drug-likeness (QED) is 0.321. The molecule has 5 aromatic carbocycles. The van der Waals surface area contributed by atoms with E-state index in [1.807, 2.05) is 18.2 Å². The third kappa shape index (κ3) is 3.27. The van der Waals surface area contributed by atoms with Gasteiger partial charge in [0.1, 0.15) is 5.75 Å². The van der Waals surface area contributed by atoms with Gasteiger partial charge in [-0.15, -0.1) is 0 Å². The molecule has 30 heavy (non-hydrogen) atoms. The van der Waals surface area contributed by atoms with Gasteiger partial charge in [-0.2, -0.15) is 0 Å².